The van der Waals surface area contributed by atoms with Crippen LogP contribution in [0.2, 0.25) is 0 Å². The molecule has 1 heterocycles. The molecule has 1 N–H and O–H groups in total. The topological polar surface area (TPSA) is 128 Å². The van der Waals surface area contributed by atoms with Gasteiger partial charge in [0.2, 0.25) is 5.89 Å². The van der Waals surface area contributed by atoms with Crippen molar-refractivity contribution in [3.63, 3.8) is 0 Å². The minimum Gasteiger partial charge on any atom is -0.465 e. The first-order chi connectivity index (χ1) is 14.2. The molecule has 0 spiro atoms. The highest BCUT2D eigenvalue weighted by Gasteiger charge is 2.22. The molecule has 0 unspecified atom stereocenters. The van der Waals surface area contributed by atoms with Crippen LogP contribution in [0.1, 0.15) is 34.6 Å². The molecule has 30 heavy (non-hydrogen) atoms. The predicted molar refractivity (Wildman–Crippen MR) is 108 cm³/mol. The third-order valence-corrected chi connectivity index (χ3v) is 6.40. The number of carbonyl (C=O) groups excluding carboxylic acids is 2. The van der Waals surface area contributed by atoms with Gasteiger partial charge in [0.25, 0.3) is 5.91 Å². The number of methoxy groups -OCH3 is 1. The van der Waals surface area contributed by atoms with Crippen LogP contribution >= 0.6 is 0 Å². The van der Waals surface area contributed by atoms with Crippen LogP contribution in [-0.2, 0) is 14.6 Å². The summed E-state index contributed by atoms with van der Waals surface area (Å²) in [5.41, 5.74) is 0.553. The Morgan fingerprint density at radius 2 is 1.73 bits per heavy atom. The Morgan fingerprint density at radius 3 is 2.40 bits per heavy atom. The molecule has 9 nitrogen and oxygen atoms in total. The SMILES string of the molecule is COC(=O)c1ccccc1C(=O)Nc1nnc(-c2cccc(S(=O)(=O)C(C)C)c2)o1. The molecule has 0 radical (unpaired) electrons. The van der Waals surface area contributed by atoms with E-state index in [9.17, 15) is 18.0 Å². The molecule has 0 aliphatic carbocycles. The lowest BCUT2D eigenvalue weighted by Crippen LogP contribution is -2.17. The summed E-state index contributed by atoms with van der Waals surface area (Å²) in [6.45, 7) is 3.18. The highest BCUT2D eigenvalue weighted by Crippen LogP contribution is 2.25. The van der Waals surface area contributed by atoms with Crippen molar-refractivity contribution < 1.29 is 27.2 Å². The van der Waals surface area contributed by atoms with Gasteiger partial charge in [-0.3, -0.25) is 10.1 Å². The van der Waals surface area contributed by atoms with E-state index in [1.54, 1.807) is 38.1 Å². The fraction of sp³-hybridized carbons (Fsp3) is 0.200. The first-order valence-corrected chi connectivity index (χ1v) is 10.4. The van der Waals surface area contributed by atoms with Gasteiger partial charge >= 0.3 is 12.0 Å². The Morgan fingerprint density at radius 1 is 1.03 bits per heavy atom. The first-order valence-electron chi connectivity index (χ1n) is 8.90. The van der Waals surface area contributed by atoms with Gasteiger partial charge in [-0.2, -0.15) is 0 Å². The van der Waals surface area contributed by atoms with E-state index in [4.69, 9.17) is 4.42 Å². The summed E-state index contributed by atoms with van der Waals surface area (Å²) in [5, 5.41) is 9.46. The number of carbonyl (C=O) groups is 2. The molecule has 156 valence electrons. The van der Waals surface area contributed by atoms with E-state index in [0.29, 0.717) is 5.56 Å². The van der Waals surface area contributed by atoms with Gasteiger partial charge in [-0.05, 0) is 44.2 Å². The monoisotopic (exact) mass is 429 g/mol. The van der Waals surface area contributed by atoms with Crippen LogP contribution < -0.4 is 5.32 Å². The van der Waals surface area contributed by atoms with Crippen molar-refractivity contribution in [2.45, 2.75) is 24.0 Å². The molecule has 2 aromatic carbocycles. The maximum Gasteiger partial charge on any atom is 0.338 e. The van der Waals surface area contributed by atoms with Crippen LogP contribution in [0.4, 0.5) is 6.01 Å². The summed E-state index contributed by atoms with van der Waals surface area (Å²) in [7, 11) is -2.26. The molecule has 0 fully saturated rings. The Hall–Kier alpha value is -3.53. The normalized spacial score (nSPS) is 11.3. The van der Waals surface area contributed by atoms with Crippen LogP contribution in [0.15, 0.2) is 57.8 Å². The zero-order valence-electron chi connectivity index (χ0n) is 16.4. The van der Waals surface area contributed by atoms with Crippen LogP contribution in [0, 0.1) is 0 Å². The molecule has 3 rings (SSSR count). The molecule has 0 bridgehead atoms. The highest BCUT2D eigenvalue weighted by atomic mass is 32.2. The van der Waals surface area contributed by atoms with Crippen LogP contribution in [-0.4, -0.2) is 42.9 Å². The van der Waals surface area contributed by atoms with Crippen molar-refractivity contribution in [3.05, 3.63) is 59.7 Å². The average molecular weight is 429 g/mol. The third kappa shape index (κ3) is 4.23. The second-order valence-electron chi connectivity index (χ2n) is 6.53. The third-order valence-electron chi connectivity index (χ3n) is 4.25. The zero-order chi connectivity index (χ0) is 21.9. The lowest BCUT2D eigenvalue weighted by molar-refractivity contribution is 0.0597. The molecular weight excluding hydrogens is 410 g/mol. The van der Waals surface area contributed by atoms with Crippen LogP contribution in [0.5, 0.6) is 0 Å². The minimum absolute atomic E-state index is 0.0346. The maximum absolute atomic E-state index is 12.5. The number of hydrogen-bond acceptors (Lipinski definition) is 8. The predicted octanol–water partition coefficient (Wildman–Crippen LogP) is 2.96. The molecule has 3 aromatic rings. The van der Waals surface area contributed by atoms with E-state index >= 15 is 0 Å². The Kier molecular flexibility index (Phi) is 5.97. The molecular formula is C20H19N3O6S. The molecule has 1 aromatic heterocycles. The fourth-order valence-corrected chi connectivity index (χ4v) is 3.71. The summed E-state index contributed by atoms with van der Waals surface area (Å²) < 4.78 is 34.9. The van der Waals surface area contributed by atoms with Gasteiger partial charge in [0, 0.05) is 5.56 Å². The lowest BCUT2D eigenvalue weighted by Gasteiger charge is -2.08. The number of sulfone groups is 1. The van der Waals surface area contributed by atoms with Gasteiger partial charge in [0.1, 0.15) is 0 Å². The van der Waals surface area contributed by atoms with Crippen LogP contribution in [0.25, 0.3) is 11.5 Å². The quantitative estimate of drug-likeness (QED) is 0.592. The number of hydrogen-bond donors (Lipinski definition) is 1. The minimum atomic E-state index is -3.47. The van der Waals surface area contributed by atoms with E-state index in [1.165, 1.54) is 31.4 Å². The van der Waals surface area contributed by atoms with E-state index in [-0.39, 0.29) is 27.9 Å². The molecule has 0 atom stereocenters. The van der Waals surface area contributed by atoms with Gasteiger partial charge in [-0.1, -0.05) is 23.3 Å². The van der Waals surface area contributed by atoms with Gasteiger partial charge in [-0.15, -0.1) is 5.10 Å². The second-order valence-corrected chi connectivity index (χ2v) is 9.03. The molecule has 0 saturated heterocycles. The molecule has 0 aliphatic heterocycles. The number of anilines is 1. The van der Waals surface area contributed by atoms with Crippen molar-refractivity contribution in [1.82, 2.24) is 10.2 Å². The van der Waals surface area contributed by atoms with Crippen molar-refractivity contribution in [3.8, 4) is 11.5 Å². The number of amides is 1. The number of benzene rings is 2. The summed E-state index contributed by atoms with van der Waals surface area (Å²) in [6.07, 6.45) is 0. The first kappa shape index (κ1) is 21.2. The Bertz CT molecular complexity index is 1200. The lowest BCUT2D eigenvalue weighted by atomic mass is 10.1. The Labute approximate surface area is 173 Å². The molecule has 0 aliphatic rings. The summed E-state index contributed by atoms with van der Waals surface area (Å²) in [6, 6.07) is 12.0. The number of ether oxygens (including phenoxy) is 1. The number of nitrogens with zero attached hydrogens (tertiary/aromatic N) is 2. The summed E-state index contributed by atoms with van der Waals surface area (Å²) in [5.74, 6) is -1.26. The number of nitrogens with one attached hydrogen (secondary N) is 1. The smallest absolute Gasteiger partial charge is 0.338 e. The van der Waals surface area contributed by atoms with Crippen LogP contribution in [0.3, 0.4) is 0 Å². The standard InChI is InChI=1S/C20H19N3O6S/c1-12(2)30(26,27)14-8-6-7-13(11-14)18-22-23-20(29-18)21-17(24)15-9-4-5-10-16(15)19(25)28-3/h4-12H,1-3H3,(H,21,23,24). The van der Waals surface area contributed by atoms with E-state index < -0.39 is 27.0 Å². The van der Waals surface area contributed by atoms with Crippen molar-refractivity contribution in [1.29, 1.82) is 0 Å². The molecule has 0 saturated carbocycles. The van der Waals surface area contributed by atoms with Crippen molar-refractivity contribution in [2.24, 2.45) is 0 Å². The van der Waals surface area contributed by atoms with E-state index in [0.717, 1.165) is 0 Å². The number of aromatic nitrogens is 2. The van der Waals surface area contributed by atoms with Gasteiger partial charge in [-0.25, -0.2) is 13.2 Å². The molecule has 1 amide bonds. The van der Waals surface area contributed by atoms with E-state index in [2.05, 4.69) is 20.3 Å². The summed E-state index contributed by atoms with van der Waals surface area (Å²) >= 11 is 0. The largest absolute Gasteiger partial charge is 0.465 e. The van der Waals surface area contributed by atoms with Crippen molar-refractivity contribution >= 4 is 27.7 Å². The van der Waals surface area contributed by atoms with Gasteiger partial charge in [0.05, 0.1) is 28.4 Å². The van der Waals surface area contributed by atoms with Gasteiger partial charge in [0.15, 0.2) is 9.84 Å². The zero-order valence-corrected chi connectivity index (χ0v) is 17.3. The second kappa shape index (κ2) is 8.46. The van der Waals surface area contributed by atoms with Gasteiger partial charge < -0.3 is 9.15 Å². The number of esters is 1. The summed E-state index contributed by atoms with van der Waals surface area (Å²) in [4.78, 5) is 24.5. The Balaban J connectivity index is 1.85. The number of rotatable bonds is 6. The van der Waals surface area contributed by atoms with Crippen molar-refractivity contribution in [2.75, 3.05) is 12.4 Å². The highest BCUT2D eigenvalue weighted by molar-refractivity contribution is 7.92. The fourth-order valence-electron chi connectivity index (χ4n) is 2.60. The maximum atomic E-state index is 12.5. The van der Waals surface area contributed by atoms with E-state index in [1.807, 2.05) is 0 Å². The molecule has 10 heteroatoms. The average Bonchev–Trinajstić information content (AvgIpc) is 3.21.